The number of halogens is 2. The fraction of sp³-hybridized carbons (Fsp3) is 0.143. The van der Waals surface area contributed by atoms with E-state index in [-0.39, 0.29) is 6.04 Å². The van der Waals surface area contributed by atoms with Gasteiger partial charge in [-0.1, -0.05) is 41.9 Å². The number of hydrogen-bond acceptors (Lipinski definition) is 2. The third-order valence-electron chi connectivity index (χ3n) is 2.69. The minimum absolute atomic E-state index is 0.113. The molecule has 2 aromatic rings. The molecule has 0 bridgehead atoms. The number of anilines is 1. The first-order valence-corrected chi connectivity index (χ1v) is 7.57. The van der Waals surface area contributed by atoms with Crippen LogP contribution in [-0.2, 0) is 0 Å². The smallest absolute Gasteiger partial charge is 0.172 e. The van der Waals surface area contributed by atoms with Gasteiger partial charge in [0.1, 0.15) is 5.82 Å². The zero-order chi connectivity index (χ0) is 14.5. The molecule has 2 N–H and O–H groups in total. The van der Waals surface area contributed by atoms with Crippen LogP contribution in [0.5, 0.6) is 0 Å². The van der Waals surface area contributed by atoms with Crippen molar-refractivity contribution in [2.45, 2.75) is 13.0 Å². The topological polar surface area (TPSA) is 37.0 Å². The molecule has 6 heteroatoms. The van der Waals surface area contributed by atoms with Crippen LogP contribution >= 0.6 is 39.7 Å². The molecule has 0 amide bonds. The minimum Gasteiger partial charge on any atom is -0.356 e. The van der Waals surface area contributed by atoms with Crippen molar-refractivity contribution in [2.75, 3.05) is 5.32 Å². The molecule has 2 rings (SSSR count). The molecule has 104 valence electrons. The van der Waals surface area contributed by atoms with E-state index < -0.39 is 0 Å². The molecule has 0 unspecified atom stereocenters. The Labute approximate surface area is 136 Å². The average molecular weight is 371 g/mol. The first-order valence-electron chi connectivity index (χ1n) is 6.00. The number of aromatic nitrogens is 1. The third-order valence-corrected chi connectivity index (χ3v) is 3.72. The van der Waals surface area contributed by atoms with Crippen LogP contribution in [0.2, 0.25) is 5.02 Å². The molecule has 1 atom stereocenters. The van der Waals surface area contributed by atoms with Crippen molar-refractivity contribution >= 4 is 50.7 Å². The van der Waals surface area contributed by atoms with Crippen LogP contribution in [0.3, 0.4) is 0 Å². The molecule has 0 aliphatic carbocycles. The quantitative estimate of drug-likeness (QED) is 0.778. The standard InChI is InChI=1S/C14H13BrClN3S/c1-9(10-5-3-2-4-6-10)18-14(20)19-13-12(15)7-11(16)8-17-13/h2-9H,1H3,(H2,17,18,19,20)/t9-/m0/s1. The number of benzene rings is 1. The SMILES string of the molecule is C[C@H](NC(=S)Nc1ncc(Cl)cc1Br)c1ccccc1. The maximum Gasteiger partial charge on any atom is 0.172 e. The number of nitrogens with zero attached hydrogens (tertiary/aromatic N) is 1. The summed E-state index contributed by atoms with van der Waals surface area (Å²) in [4.78, 5) is 4.18. The van der Waals surface area contributed by atoms with Gasteiger partial charge in [0.25, 0.3) is 0 Å². The highest BCUT2D eigenvalue weighted by molar-refractivity contribution is 9.10. The monoisotopic (exact) mass is 369 g/mol. The first kappa shape index (κ1) is 15.2. The Balaban J connectivity index is 1.99. The molecule has 0 radical (unpaired) electrons. The molecule has 0 aliphatic rings. The van der Waals surface area contributed by atoms with E-state index in [0.29, 0.717) is 16.0 Å². The van der Waals surface area contributed by atoms with E-state index >= 15 is 0 Å². The molecule has 0 spiro atoms. The van der Waals surface area contributed by atoms with Gasteiger partial charge in [-0.2, -0.15) is 0 Å². The number of nitrogens with one attached hydrogen (secondary N) is 2. The van der Waals surface area contributed by atoms with Crippen LogP contribution in [0.4, 0.5) is 5.82 Å². The Kier molecular flexibility index (Phi) is 5.34. The lowest BCUT2D eigenvalue weighted by molar-refractivity contribution is 0.722. The number of pyridine rings is 1. The highest BCUT2D eigenvalue weighted by Crippen LogP contribution is 2.23. The second-order valence-corrected chi connectivity index (χ2v) is 5.91. The van der Waals surface area contributed by atoms with E-state index in [1.54, 1.807) is 12.3 Å². The Bertz CT molecular complexity index is 607. The molecular weight excluding hydrogens is 358 g/mol. The summed E-state index contributed by atoms with van der Waals surface area (Å²) in [6.07, 6.45) is 1.57. The predicted octanol–water partition coefficient (Wildman–Crippen LogP) is 4.55. The zero-order valence-electron chi connectivity index (χ0n) is 10.7. The van der Waals surface area contributed by atoms with Gasteiger partial charge in [-0.15, -0.1) is 0 Å². The summed E-state index contributed by atoms with van der Waals surface area (Å²) in [6.45, 7) is 2.05. The van der Waals surface area contributed by atoms with Crippen molar-refractivity contribution in [3.8, 4) is 0 Å². The Morgan fingerprint density at radius 1 is 1.35 bits per heavy atom. The molecule has 0 saturated heterocycles. The van der Waals surface area contributed by atoms with Crippen LogP contribution in [0.1, 0.15) is 18.5 Å². The molecule has 20 heavy (non-hydrogen) atoms. The van der Waals surface area contributed by atoms with Crippen LogP contribution in [0, 0.1) is 0 Å². The Hall–Kier alpha value is -1.17. The summed E-state index contributed by atoms with van der Waals surface area (Å²) >= 11 is 14.5. The zero-order valence-corrected chi connectivity index (χ0v) is 13.9. The maximum atomic E-state index is 5.85. The van der Waals surface area contributed by atoms with E-state index in [2.05, 4.69) is 43.7 Å². The summed E-state index contributed by atoms with van der Waals surface area (Å²) in [6, 6.07) is 12.0. The third kappa shape index (κ3) is 4.16. The van der Waals surface area contributed by atoms with Crippen molar-refractivity contribution in [1.82, 2.24) is 10.3 Å². The van der Waals surface area contributed by atoms with Gasteiger partial charge in [0, 0.05) is 6.20 Å². The molecule has 1 aromatic heterocycles. The number of hydrogen-bond donors (Lipinski definition) is 2. The lowest BCUT2D eigenvalue weighted by Crippen LogP contribution is -2.31. The Morgan fingerprint density at radius 2 is 2.05 bits per heavy atom. The highest BCUT2D eigenvalue weighted by atomic mass is 79.9. The van der Waals surface area contributed by atoms with Gasteiger partial charge in [0.05, 0.1) is 15.5 Å². The van der Waals surface area contributed by atoms with Gasteiger partial charge >= 0.3 is 0 Å². The highest BCUT2D eigenvalue weighted by Gasteiger charge is 2.08. The van der Waals surface area contributed by atoms with E-state index in [1.807, 2.05) is 25.1 Å². The van der Waals surface area contributed by atoms with Gasteiger partial charge in [-0.25, -0.2) is 4.98 Å². The predicted molar refractivity (Wildman–Crippen MR) is 91.2 cm³/mol. The number of thiocarbonyl (C=S) groups is 1. The summed E-state index contributed by atoms with van der Waals surface area (Å²) in [5.74, 6) is 0.632. The fourth-order valence-electron chi connectivity index (χ4n) is 1.67. The summed E-state index contributed by atoms with van der Waals surface area (Å²) in [5.41, 5.74) is 1.17. The molecule has 1 aromatic carbocycles. The second kappa shape index (κ2) is 7.02. The van der Waals surface area contributed by atoms with E-state index in [0.717, 1.165) is 4.47 Å². The molecular formula is C14H13BrClN3S. The normalized spacial score (nSPS) is 11.8. The van der Waals surface area contributed by atoms with Gasteiger partial charge in [-0.3, -0.25) is 0 Å². The van der Waals surface area contributed by atoms with Crippen LogP contribution < -0.4 is 10.6 Å². The number of rotatable bonds is 3. The van der Waals surface area contributed by atoms with Gasteiger partial charge in [0.15, 0.2) is 5.11 Å². The maximum absolute atomic E-state index is 5.85. The van der Waals surface area contributed by atoms with Crippen molar-refractivity contribution in [1.29, 1.82) is 0 Å². The lowest BCUT2D eigenvalue weighted by Gasteiger charge is -2.17. The van der Waals surface area contributed by atoms with Crippen molar-refractivity contribution < 1.29 is 0 Å². The van der Waals surface area contributed by atoms with Crippen LogP contribution in [-0.4, -0.2) is 10.1 Å². The fourth-order valence-corrected chi connectivity index (χ4v) is 2.68. The summed E-state index contributed by atoms with van der Waals surface area (Å²) < 4.78 is 0.765. The van der Waals surface area contributed by atoms with Crippen LogP contribution in [0.15, 0.2) is 47.1 Å². The lowest BCUT2D eigenvalue weighted by atomic mass is 10.1. The van der Waals surface area contributed by atoms with E-state index in [4.69, 9.17) is 23.8 Å². The van der Waals surface area contributed by atoms with E-state index in [9.17, 15) is 0 Å². The average Bonchev–Trinajstić information content (AvgIpc) is 2.43. The largest absolute Gasteiger partial charge is 0.356 e. The molecule has 0 aliphatic heterocycles. The van der Waals surface area contributed by atoms with E-state index in [1.165, 1.54) is 5.56 Å². The van der Waals surface area contributed by atoms with Crippen molar-refractivity contribution in [2.24, 2.45) is 0 Å². The molecule has 0 saturated carbocycles. The van der Waals surface area contributed by atoms with Crippen LogP contribution in [0.25, 0.3) is 0 Å². The van der Waals surface area contributed by atoms with Crippen molar-refractivity contribution in [3.05, 3.63) is 57.7 Å². The van der Waals surface area contributed by atoms with Gasteiger partial charge in [-0.05, 0) is 46.7 Å². The molecule has 0 fully saturated rings. The molecule has 1 heterocycles. The summed E-state index contributed by atoms with van der Waals surface area (Å²) in [5, 5.41) is 7.33. The van der Waals surface area contributed by atoms with Gasteiger partial charge < -0.3 is 10.6 Å². The first-order chi connectivity index (χ1) is 9.56. The van der Waals surface area contributed by atoms with Crippen molar-refractivity contribution in [3.63, 3.8) is 0 Å². The summed E-state index contributed by atoms with van der Waals surface area (Å²) in [7, 11) is 0. The second-order valence-electron chi connectivity index (χ2n) is 4.21. The minimum atomic E-state index is 0.113. The van der Waals surface area contributed by atoms with Gasteiger partial charge in [0.2, 0.25) is 0 Å². The molecule has 3 nitrogen and oxygen atoms in total. The Morgan fingerprint density at radius 3 is 2.70 bits per heavy atom.